The lowest BCUT2D eigenvalue weighted by atomic mass is 10.3. The van der Waals surface area contributed by atoms with Crippen molar-refractivity contribution in [1.82, 2.24) is 14.5 Å². The van der Waals surface area contributed by atoms with Crippen LogP contribution in [0.4, 0.5) is 5.69 Å². The van der Waals surface area contributed by atoms with E-state index in [1.807, 2.05) is 14.0 Å². The van der Waals surface area contributed by atoms with Crippen molar-refractivity contribution in [2.45, 2.75) is 18.4 Å². The van der Waals surface area contributed by atoms with Crippen LogP contribution in [0.15, 0.2) is 33.8 Å². The monoisotopic (exact) mass is 358 g/mol. The molecule has 6 nitrogen and oxygen atoms in total. The van der Waals surface area contributed by atoms with E-state index in [0.717, 1.165) is 11.3 Å². The number of hydrogen-bond acceptors (Lipinski definition) is 4. The predicted octanol–water partition coefficient (Wildman–Crippen LogP) is 1.55. The number of benzene rings is 1. The summed E-state index contributed by atoms with van der Waals surface area (Å²) in [6.07, 6.45) is 1.65. The minimum atomic E-state index is -3.59. The number of halogens is 1. The predicted molar refractivity (Wildman–Crippen MR) is 80.5 cm³/mol. The van der Waals surface area contributed by atoms with Gasteiger partial charge in [-0.1, -0.05) is 0 Å². The average Bonchev–Trinajstić information content (AvgIpc) is 2.71. The number of rotatable bonds is 4. The zero-order valence-electron chi connectivity index (χ0n) is 11.1. The molecule has 0 fully saturated rings. The number of nitrogens with zero attached hydrogens (tertiary/aromatic N) is 2. The van der Waals surface area contributed by atoms with Crippen molar-refractivity contribution in [3.63, 3.8) is 0 Å². The summed E-state index contributed by atoms with van der Waals surface area (Å²) in [5, 5.41) is 4.07. The third-order valence-electron chi connectivity index (χ3n) is 3.07. The van der Waals surface area contributed by atoms with Crippen LogP contribution in [0.2, 0.25) is 0 Å². The Hall–Kier alpha value is -1.38. The van der Waals surface area contributed by atoms with E-state index >= 15 is 0 Å². The van der Waals surface area contributed by atoms with Gasteiger partial charge in [-0.25, -0.2) is 13.1 Å². The van der Waals surface area contributed by atoms with E-state index in [9.17, 15) is 8.42 Å². The van der Waals surface area contributed by atoms with Gasteiger partial charge in [-0.2, -0.15) is 5.10 Å². The van der Waals surface area contributed by atoms with E-state index in [2.05, 4.69) is 25.8 Å². The fraction of sp³-hybridized carbons (Fsp3) is 0.250. The highest BCUT2D eigenvalue weighted by atomic mass is 79.9. The summed E-state index contributed by atoms with van der Waals surface area (Å²) in [4.78, 5) is 0.139. The lowest BCUT2D eigenvalue weighted by molar-refractivity contribution is 0.581. The number of hydrogen-bond donors (Lipinski definition) is 2. The summed E-state index contributed by atoms with van der Waals surface area (Å²) in [7, 11) is -1.78. The maximum Gasteiger partial charge on any atom is 0.240 e. The highest BCUT2D eigenvalue weighted by molar-refractivity contribution is 9.10. The van der Waals surface area contributed by atoms with Crippen molar-refractivity contribution in [2.75, 3.05) is 5.73 Å². The van der Waals surface area contributed by atoms with Crippen LogP contribution in [0.25, 0.3) is 0 Å². The number of aromatic nitrogens is 2. The van der Waals surface area contributed by atoms with Gasteiger partial charge in [-0.3, -0.25) is 4.68 Å². The van der Waals surface area contributed by atoms with Crippen LogP contribution < -0.4 is 10.5 Å². The summed E-state index contributed by atoms with van der Waals surface area (Å²) in [6, 6.07) is 4.53. The van der Waals surface area contributed by atoms with Gasteiger partial charge in [-0.15, -0.1) is 0 Å². The Morgan fingerprint density at radius 2 is 2.15 bits per heavy atom. The van der Waals surface area contributed by atoms with E-state index in [4.69, 9.17) is 5.73 Å². The molecule has 0 saturated carbocycles. The Kier molecular flexibility index (Phi) is 4.17. The zero-order valence-corrected chi connectivity index (χ0v) is 13.5. The molecule has 8 heteroatoms. The summed E-state index contributed by atoms with van der Waals surface area (Å²) in [5.41, 5.74) is 7.83. The van der Waals surface area contributed by atoms with E-state index in [1.54, 1.807) is 16.9 Å². The molecule has 0 bridgehead atoms. The number of anilines is 1. The van der Waals surface area contributed by atoms with Gasteiger partial charge in [0, 0.05) is 35.0 Å². The first-order valence-corrected chi connectivity index (χ1v) is 8.11. The first-order valence-electron chi connectivity index (χ1n) is 5.83. The average molecular weight is 359 g/mol. The molecule has 1 aromatic carbocycles. The molecule has 0 spiro atoms. The number of nitrogen functional groups attached to an aromatic ring is 1. The van der Waals surface area contributed by atoms with Gasteiger partial charge in [0.05, 0.1) is 11.1 Å². The van der Waals surface area contributed by atoms with E-state index in [1.165, 1.54) is 12.1 Å². The molecule has 0 unspecified atom stereocenters. The quantitative estimate of drug-likeness (QED) is 0.811. The molecule has 1 heterocycles. The van der Waals surface area contributed by atoms with Gasteiger partial charge in [0.25, 0.3) is 0 Å². The fourth-order valence-corrected chi connectivity index (χ4v) is 2.95. The maximum atomic E-state index is 12.2. The number of aryl methyl sites for hydroxylation is 1. The lowest BCUT2D eigenvalue weighted by Crippen LogP contribution is -2.23. The van der Waals surface area contributed by atoms with Crippen LogP contribution in [0.3, 0.4) is 0 Å². The highest BCUT2D eigenvalue weighted by Gasteiger charge is 2.16. The second-order valence-electron chi connectivity index (χ2n) is 4.39. The first kappa shape index (κ1) is 15.0. The molecule has 2 rings (SSSR count). The Balaban J connectivity index is 2.19. The third kappa shape index (κ3) is 3.02. The normalized spacial score (nSPS) is 11.8. The highest BCUT2D eigenvalue weighted by Crippen LogP contribution is 2.22. The van der Waals surface area contributed by atoms with Crippen LogP contribution in [0.1, 0.15) is 11.3 Å². The van der Waals surface area contributed by atoms with Crippen molar-refractivity contribution >= 4 is 31.6 Å². The molecule has 2 aromatic rings. The van der Waals surface area contributed by atoms with Gasteiger partial charge >= 0.3 is 0 Å². The SMILES string of the molecule is Cc1c(CNS(=O)(=O)c2ccc(Br)c(N)c2)cnn1C. The molecule has 0 saturated heterocycles. The Labute approximate surface area is 126 Å². The van der Waals surface area contributed by atoms with Gasteiger partial charge in [0.2, 0.25) is 10.0 Å². The molecule has 0 aliphatic carbocycles. The van der Waals surface area contributed by atoms with E-state index in [-0.39, 0.29) is 11.4 Å². The van der Waals surface area contributed by atoms with Crippen LogP contribution in [0.5, 0.6) is 0 Å². The summed E-state index contributed by atoms with van der Waals surface area (Å²) in [5.74, 6) is 0. The van der Waals surface area contributed by atoms with Gasteiger partial charge in [-0.05, 0) is 41.1 Å². The summed E-state index contributed by atoms with van der Waals surface area (Å²) < 4.78 is 29.3. The van der Waals surface area contributed by atoms with Crippen molar-refractivity contribution in [3.8, 4) is 0 Å². The fourth-order valence-electron chi connectivity index (χ4n) is 1.66. The second kappa shape index (κ2) is 5.55. The third-order valence-corrected chi connectivity index (χ3v) is 5.19. The van der Waals surface area contributed by atoms with Crippen molar-refractivity contribution in [1.29, 1.82) is 0 Å². The van der Waals surface area contributed by atoms with E-state index in [0.29, 0.717) is 10.2 Å². The number of nitrogens with two attached hydrogens (primary N) is 1. The molecule has 0 atom stereocenters. The van der Waals surface area contributed by atoms with Gasteiger partial charge in [0.1, 0.15) is 0 Å². The zero-order chi connectivity index (χ0) is 14.9. The molecule has 20 heavy (non-hydrogen) atoms. The largest absolute Gasteiger partial charge is 0.398 e. The molecule has 108 valence electrons. The molecule has 0 aliphatic heterocycles. The molecule has 3 N–H and O–H groups in total. The first-order chi connectivity index (χ1) is 9.31. The van der Waals surface area contributed by atoms with Crippen molar-refractivity contribution in [2.24, 2.45) is 7.05 Å². The van der Waals surface area contributed by atoms with Crippen LogP contribution in [-0.2, 0) is 23.6 Å². The standard InChI is InChI=1S/C12H15BrN4O2S/c1-8-9(6-15-17(8)2)7-16-20(18,19)10-3-4-11(13)12(14)5-10/h3-6,16H,7,14H2,1-2H3. The van der Waals surface area contributed by atoms with Crippen LogP contribution >= 0.6 is 15.9 Å². The topological polar surface area (TPSA) is 90.0 Å². The minimum absolute atomic E-state index is 0.139. The number of sulfonamides is 1. The molecule has 0 amide bonds. The lowest BCUT2D eigenvalue weighted by Gasteiger charge is -2.08. The summed E-state index contributed by atoms with van der Waals surface area (Å²) in [6.45, 7) is 2.08. The van der Waals surface area contributed by atoms with Crippen LogP contribution in [0, 0.1) is 6.92 Å². The van der Waals surface area contributed by atoms with Gasteiger partial charge in [0.15, 0.2) is 0 Å². The van der Waals surface area contributed by atoms with Crippen LogP contribution in [-0.4, -0.2) is 18.2 Å². The smallest absolute Gasteiger partial charge is 0.240 e. The molecule has 0 aliphatic rings. The minimum Gasteiger partial charge on any atom is -0.398 e. The Morgan fingerprint density at radius 3 is 2.70 bits per heavy atom. The molecule has 1 aromatic heterocycles. The second-order valence-corrected chi connectivity index (χ2v) is 7.01. The van der Waals surface area contributed by atoms with Crippen molar-refractivity contribution < 1.29 is 8.42 Å². The van der Waals surface area contributed by atoms with E-state index < -0.39 is 10.0 Å². The Bertz CT molecular complexity index is 740. The maximum absolute atomic E-state index is 12.2. The molecular weight excluding hydrogens is 344 g/mol. The van der Waals surface area contributed by atoms with Gasteiger partial charge < -0.3 is 5.73 Å². The Morgan fingerprint density at radius 1 is 1.45 bits per heavy atom. The molecular formula is C12H15BrN4O2S. The summed E-state index contributed by atoms with van der Waals surface area (Å²) >= 11 is 3.23. The molecule has 0 radical (unpaired) electrons. The number of nitrogens with one attached hydrogen (secondary N) is 1. The van der Waals surface area contributed by atoms with Crippen molar-refractivity contribution in [3.05, 3.63) is 40.1 Å².